The number of methoxy groups -OCH3 is 1. The zero-order valence-electron chi connectivity index (χ0n) is 6.47. The fraction of sp³-hybridized carbons (Fsp3) is 1.00. The molecule has 0 spiro atoms. The van der Waals surface area contributed by atoms with E-state index in [1.165, 1.54) is 12.8 Å². The second kappa shape index (κ2) is 3.91. The van der Waals surface area contributed by atoms with Crippen molar-refractivity contribution in [3.8, 4) is 0 Å². The van der Waals surface area contributed by atoms with Crippen molar-refractivity contribution in [3.63, 3.8) is 0 Å². The van der Waals surface area contributed by atoms with E-state index >= 15 is 0 Å². The molecule has 3 N–H and O–H groups in total. The summed E-state index contributed by atoms with van der Waals surface area (Å²) in [7, 11) is 1.75. The van der Waals surface area contributed by atoms with Crippen LogP contribution in [0, 0.1) is 0 Å². The zero-order chi connectivity index (χ0) is 7.40. The molecule has 0 aliphatic heterocycles. The van der Waals surface area contributed by atoms with Gasteiger partial charge in [-0.25, -0.2) is 0 Å². The molecule has 0 aromatic carbocycles. The quantitative estimate of drug-likeness (QED) is 0.436. The summed E-state index contributed by atoms with van der Waals surface area (Å²) in [6.07, 6.45) is 5.17. The number of rotatable bonds is 2. The molecule has 2 atom stereocenters. The first-order chi connectivity index (χ1) is 4.88. The molecular weight excluding hydrogens is 128 g/mol. The Morgan fingerprint density at radius 1 is 1.40 bits per heavy atom. The molecular formula is C7H16N2O. The van der Waals surface area contributed by atoms with Gasteiger partial charge < -0.3 is 4.74 Å². The number of hydrazine groups is 1. The predicted molar refractivity (Wildman–Crippen MR) is 40.4 cm³/mol. The average Bonchev–Trinajstić information content (AvgIpc) is 2.04. The first-order valence-corrected chi connectivity index (χ1v) is 3.87. The number of hydrogen-bond acceptors (Lipinski definition) is 3. The van der Waals surface area contributed by atoms with Gasteiger partial charge in [-0.15, -0.1) is 0 Å². The highest BCUT2D eigenvalue weighted by molar-refractivity contribution is 4.79. The van der Waals surface area contributed by atoms with Gasteiger partial charge in [0.1, 0.15) is 0 Å². The van der Waals surface area contributed by atoms with E-state index in [0.29, 0.717) is 12.1 Å². The van der Waals surface area contributed by atoms with Crippen molar-refractivity contribution in [1.29, 1.82) is 0 Å². The van der Waals surface area contributed by atoms with Crippen LogP contribution in [0.15, 0.2) is 0 Å². The Bertz CT molecular complexity index is 85.6. The molecule has 1 aliphatic rings. The van der Waals surface area contributed by atoms with Gasteiger partial charge >= 0.3 is 0 Å². The average molecular weight is 144 g/mol. The van der Waals surface area contributed by atoms with E-state index in [9.17, 15) is 0 Å². The van der Waals surface area contributed by atoms with E-state index in [1.54, 1.807) is 7.11 Å². The summed E-state index contributed by atoms with van der Waals surface area (Å²) in [5.41, 5.74) is 2.78. The Morgan fingerprint density at radius 3 is 2.60 bits per heavy atom. The smallest absolute Gasteiger partial charge is 0.0737 e. The molecule has 10 heavy (non-hydrogen) atoms. The molecule has 1 rings (SSSR count). The van der Waals surface area contributed by atoms with Gasteiger partial charge in [-0.1, -0.05) is 12.8 Å². The number of ether oxygens (including phenoxy) is 1. The zero-order valence-corrected chi connectivity index (χ0v) is 6.47. The van der Waals surface area contributed by atoms with Crippen LogP contribution in [0.1, 0.15) is 25.7 Å². The molecule has 0 saturated heterocycles. The first-order valence-electron chi connectivity index (χ1n) is 3.87. The minimum atomic E-state index is 0.332. The van der Waals surface area contributed by atoms with Gasteiger partial charge in [-0.2, -0.15) is 0 Å². The highest BCUT2D eigenvalue weighted by Gasteiger charge is 2.22. The minimum absolute atomic E-state index is 0.332. The summed E-state index contributed by atoms with van der Waals surface area (Å²) < 4.78 is 5.25. The van der Waals surface area contributed by atoms with Crippen LogP contribution >= 0.6 is 0 Å². The third kappa shape index (κ3) is 1.68. The van der Waals surface area contributed by atoms with Crippen molar-refractivity contribution < 1.29 is 4.74 Å². The second-order valence-corrected chi connectivity index (χ2v) is 2.83. The van der Waals surface area contributed by atoms with Crippen molar-refractivity contribution in [1.82, 2.24) is 5.43 Å². The summed E-state index contributed by atoms with van der Waals surface area (Å²) >= 11 is 0. The van der Waals surface area contributed by atoms with E-state index in [2.05, 4.69) is 5.43 Å². The molecule has 60 valence electrons. The van der Waals surface area contributed by atoms with Crippen LogP contribution in [-0.4, -0.2) is 19.3 Å². The van der Waals surface area contributed by atoms with Crippen LogP contribution < -0.4 is 11.3 Å². The van der Waals surface area contributed by atoms with E-state index in [0.717, 1.165) is 12.8 Å². The molecule has 3 heteroatoms. The SMILES string of the molecule is CO[C@H]1CCCC[C@H]1NN. The molecule has 0 aromatic heterocycles. The van der Waals surface area contributed by atoms with Crippen molar-refractivity contribution >= 4 is 0 Å². The maximum atomic E-state index is 5.34. The van der Waals surface area contributed by atoms with Crippen molar-refractivity contribution in [3.05, 3.63) is 0 Å². The first kappa shape index (κ1) is 7.98. The normalized spacial score (nSPS) is 34.2. The van der Waals surface area contributed by atoms with Gasteiger partial charge in [0.25, 0.3) is 0 Å². The molecule has 0 bridgehead atoms. The summed E-state index contributed by atoms with van der Waals surface area (Å²) in [4.78, 5) is 0. The lowest BCUT2D eigenvalue weighted by molar-refractivity contribution is 0.0420. The summed E-state index contributed by atoms with van der Waals surface area (Å²) in [5, 5.41) is 0. The van der Waals surface area contributed by atoms with Crippen LogP contribution in [-0.2, 0) is 4.74 Å². The molecule has 0 radical (unpaired) electrons. The highest BCUT2D eigenvalue weighted by atomic mass is 16.5. The molecule has 1 aliphatic carbocycles. The Balaban J connectivity index is 2.34. The van der Waals surface area contributed by atoms with Gasteiger partial charge in [-0.05, 0) is 12.8 Å². The van der Waals surface area contributed by atoms with Crippen molar-refractivity contribution in [2.24, 2.45) is 5.84 Å². The van der Waals surface area contributed by atoms with Gasteiger partial charge in [0.2, 0.25) is 0 Å². The highest BCUT2D eigenvalue weighted by Crippen LogP contribution is 2.19. The van der Waals surface area contributed by atoms with Crippen molar-refractivity contribution in [2.75, 3.05) is 7.11 Å². The molecule has 1 fully saturated rings. The van der Waals surface area contributed by atoms with Crippen LogP contribution in [0.4, 0.5) is 0 Å². The van der Waals surface area contributed by atoms with Gasteiger partial charge in [-0.3, -0.25) is 11.3 Å². The van der Waals surface area contributed by atoms with Crippen LogP contribution in [0.2, 0.25) is 0 Å². The number of nitrogens with one attached hydrogen (secondary N) is 1. The van der Waals surface area contributed by atoms with Gasteiger partial charge in [0, 0.05) is 13.2 Å². The molecule has 0 unspecified atom stereocenters. The summed E-state index contributed by atoms with van der Waals surface area (Å²) in [5.74, 6) is 5.34. The van der Waals surface area contributed by atoms with Crippen LogP contribution in [0.5, 0.6) is 0 Å². The lowest BCUT2D eigenvalue weighted by Gasteiger charge is -2.29. The van der Waals surface area contributed by atoms with E-state index < -0.39 is 0 Å². The molecule has 0 heterocycles. The Morgan fingerprint density at radius 2 is 2.10 bits per heavy atom. The third-order valence-corrected chi connectivity index (χ3v) is 2.22. The summed E-state index contributed by atoms with van der Waals surface area (Å²) in [6, 6.07) is 0.374. The Labute approximate surface area is 61.9 Å². The fourth-order valence-corrected chi connectivity index (χ4v) is 1.57. The molecule has 1 saturated carbocycles. The fourth-order valence-electron chi connectivity index (χ4n) is 1.57. The number of hydrogen-bond donors (Lipinski definition) is 2. The third-order valence-electron chi connectivity index (χ3n) is 2.22. The second-order valence-electron chi connectivity index (χ2n) is 2.83. The van der Waals surface area contributed by atoms with Gasteiger partial charge in [0.15, 0.2) is 0 Å². The summed E-state index contributed by atoms with van der Waals surface area (Å²) in [6.45, 7) is 0. The van der Waals surface area contributed by atoms with Crippen LogP contribution in [0.3, 0.4) is 0 Å². The van der Waals surface area contributed by atoms with Crippen LogP contribution in [0.25, 0.3) is 0 Å². The lowest BCUT2D eigenvalue weighted by Crippen LogP contribution is -2.46. The standard InChI is InChI=1S/C7H16N2O/c1-10-7-5-3-2-4-6(7)9-8/h6-7,9H,2-5,8H2,1H3/t6-,7+/m1/s1. The van der Waals surface area contributed by atoms with E-state index in [4.69, 9.17) is 10.6 Å². The lowest BCUT2D eigenvalue weighted by atomic mass is 9.93. The van der Waals surface area contributed by atoms with Crippen molar-refractivity contribution in [2.45, 2.75) is 37.8 Å². The number of nitrogens with two attached hydrogens (primary N) is 1. The Hall–Kier alpha value is -0.120. The monoisotopic (exact) mass is 144 g/mol. The maximum Gasteiger partial charge on any atom is 0.0737 e. The largest absolute Gasteiger partial charge is 0.380 e. The Kier molecular flexibility index (Phi) is 3.12. The van der Waals surface area contributed by atoms with Gasteiger partial charge in [0.05, 0.1) is 6.10 Å². The maximum absolute atomic E-state index is 5.34. The minimum Gasteiger partial charge on any atom is -0.380 e. The molecule has 0 aromatic rings. The molecule has 3 nitrogen and oxygen atoms in total. The molecule has 0 amide bonds. The van der Waals surface area contributed by atoms with E-state index in [-0.39, 0.29) is 0 Å². The topological polar surface area (TPSA) is 47.3 Å². The van der Waals surface area contributed by atoms with E-state index in [1.807, 2.05) is 0 Å². The predicted octanol–water partition coefficient (Wildman–Crippen LogP) is 0.407.